The molecular formula is C20H17NO3. The Kier molecular flexibility index (Phi) is 4.57. The first-order chi connectivity index (χ1) is 11.6. The Labute approximate surface area is 140 Å². The highest BCUT2D eigenvalue weighted by atomic mass is 16.5. The molecule has 3 aromatic carbocycles. The fourth-order valence-corrected chi connectivity index (χ4v) is 2.51. The fourth-order valence-electron chi connectivity index (χ4n) is 2.51. The molecule has 0 aromatic heterocycles. The third kappa shape index (κ3) is 3.60. The van der Waals surface area contributed by atoms with E-state index in [2.05, 4.69) is 5.32 Å². The van der Waals surface area contributed by atoms with E-state index in [-0.39, 0.29) is 12.5 Å². The van der Waals surface area contributed by atoms with Gasteiger partial charge in [0.2, 0.25) is 0 Å². The molecule has 3 rings (SSSR count). The molecule has 3 aromatic rings. The molecule has 4 nitrogen and oxygen atoms in total. The average Bonchev–Trinajstić information content (AvgIpc) is 2.60. The molecule has 4 heteroatoms. The minimum absolute atomic E-state index is 0.323. The van der Waals surface area contributed by atoms with Crippen molar-refractivity contribution in [3.05, 3.63) is 77.9 Å². The molecule has 0 fully saturated rings. The second kappa shape index (κ2) is 6.96. The predicted octanol–water partition coefficient (Wildman–Crippen LogP) is 3.94. The molecule has 0 spiro atoms. The number of hydrogen-bond acceptors (Lipinski definition) is 3. The zero-order valence-corrected chi connectivity index (χ0v) is 13.3. The average molecular weight is 319 g/mol. The lowest BCUT2D eigenvalue weighted by Crippen LogP contribution is -2.21. The Morgan fingerprint density at radius 3 is 2.54 bits per heavy atom. The lowest BCUT2D eigenvalue weighted by atomic mass is 10.1. The molecule has 0 aliphatic heterocycles. The summed E-state index contributed by atoms with van der Waals surface area (Å²) in [4.78, 5) is 24.0. The van der Waals surface area contributed by atoms with E-state index in [0.717, 1.165) is 16.3 Å². The van der Waals surface area contributed by atoms with Gasteiger partial charge >= 0.3 is 5.97 Å². The Bertz CT molecular complexity index is 897. The van der Waals surface area contributed by atoms with Crippen LogP contribution >= 0.6 is 0 Å². The third-order valence-corrected chi connectivity index (χ3v) is 3.65. The van der Waals surface area contributed by atoms with Crippen molar-refractivity contribution in [2.75, 3.05) is 11.9 Å². The Morgan fingerprint density at radius 2 is 1.71 bits per heavy atom. The lowest BCUT2D eigenvalue weighted by molar-refractivity contribution is -0.119. The van der Waals surface area contributed by atoms with Gasteiger partial charge in [0.25, 0.3) is 5.91 Å². The molecule has 0 unspecified atom stereocenters. The third-order valence-electron chi connectivity index (χ3n) is 3.65. The van der Waals surface area contributed by atoms with Gasteiger partial charge in [0.1, 0.15) is 0 Å². The van der Waals surface area contributed by atoms with Crippen molar-refractivity contribution in [3.8, 4) is 0 Å². The number of anilines is 1. The standard InChI is InChI=1S/C20H17NO3/c1-14-6-4-9-16(12-14)20(23)24-13-19(22)21-18-11-5-8-15-7-2-3-10-17(15)18/h2-12H,13H2,1H3,(H,21,22). The molecule has 1 amide bonds. The summed E-state index contributed by atoms with van der Waals surface area (Å²) >= 11 is 0. The minimum Gasteiger partial charge on any atom is -0.452 e. The predicted molar refractivity (Wildman–Crippen MR) is 94.0 cm³/mol. The summed E-state index contributed by atoms with van der Waals surface area (Å²) in [5, 5.41) is 4.76. The number of rotatable bonds is 4. The maximum atomic E-state index is 12.1. The largest absolute Gasteiger partial charge is 0.452 e. The second-order valence-electron chi connectivity index (χ2n) is 5.52. The number of benzene rings is 3. The Balaban J connectivity index is 1.64. The van der Waals surface area contributed by atoms with Gasteiger partial charge in [-0.25, -0.2) is 4.79 Å². The molecule has 0 heterocycles. The van der Waals surface area contributed by atoms with Gasteiger partial charge in [0.15, 0.2) is 6.61 Å². The molecule has 1 N–H and O–H groups in total. The maximum Gasteiger partial charge on any atom is 0.338 e. The smallest absolute Gasteiger partial charge is 0.338 e. The van der Waals surface area contributed by atoms with Gasteiger partial charge in [0, 0.05) is 11.1 Å². The molecule has 0 atom stereocenters. The number of carbonyl (C=O) groups is 2. The van der Waals surface area contributed by atoms with Crippen LogP contribution < -0.4 is 5.32 Å². The van der Waals surface area contributed by atoms with Crippen LogP contribution in [0.25, 0.3) is 10.8 Å². The lowest BCUT2D eigenvalue weighted by Gasteiger charge is -2.09. The van der Waals surface area contributed by atoms with Gasteiger partial charge in [0.05, 0.1) is 5.56 Å². The van der Waals surface area contributed by atoms with Gasteiger partial charge in [-0.3, -0.25) is 4.79 Å². The van der Waals surface area contributed by atoms with Crippen molar-refractivity contribution in [1.82, 2.24) is 0 Å². The van der Waals surface area contributed by atoms with Gasteiger partial charge in [-0.05, 0) is 30.5 Å². The van der Waals surface area contributed by atoms with Crippen molar-refractivity contribution < 1.29 is 14.3 Å². The highest BCUT2D eigenvalue weighted by molar-refractivity contribution is 6.03. The first-order valence-corrected chi connectivity index (χ1v) is 7.65. The van der Waals surface area contributed by atoms with Gasteiger partial charge in [-0.15, -0.1) is 0 Å². The quantitative estimate of drug-likeness (QED) is 0.741. The zero-order valence-electron chi connectivity index (χ0n) is 13.3. The van der Waals surface area contributed by atoms with Crippen molar-refractivity contribution in [2.45, 2.75) is 6.92 Å². The molecule has 0 bridgehead atoms. The van der Waals surface area contributed by atoms with Crippen LogP contribution in [0.4, 0.5) is 5.69 Å². The molecule has 0 saturated carbocycles. The van der Waals surface area contributed by atoms with E-state index < -0.39 is 5.97 Å². The number of fused-ring (bicyclic) bond motifs is 1. The van der Waals surface area contributed by atoms with Crippen LogP contribution in [0.15, 0.2) is 66.7 Å². The first-order valence-electron chi connectivity index (χ1n) is 7.65. The summed E-state index contributed by atoms with van der Waals surface area (Å²) in [6.45, 7) is 1.57. The molecule has 24 heavy (non-hydrogen) atoms. The van der Waals surface area contributed by atoms with E-state index in [1.165, 1.54) is 0 Å². The Morgan fingerprint density at radius 1 is 0.958 bits per heavy atom. The summed E-state index contributed by atoms with van der Waals surface area (Å²) in [6, 6.07) is 20.5. The van der Waals surface area contributed by atoms with Crippen LogP contribution in [0.5, 0.6) is 0 Å². The van der Waals surface area contributed by atoms with Crippen LogP contribution in [0.3, 0.4) is 0 Å². The number of nitrogens with one attached hydrogen (secondary N) is 1. The molecular weight excluding hydrogens is 302 g/mol. The fraction of sp³-hybridized carbons (Fsp3) is 0.100. The maximum absolute atomic E-state index is 12.1. The summed E-state index contributed by atoms with van der Waals surface area (Å²) in [5.41, 5.74) is 2.10. The summed E-state index contributed by atoms with van der Waals surface area (Å²) in [6.07, 6.45) is 0. The van der Waals surface area contributed by atoms with E-state index in [4.69, 9.17) is 4.74 Å². The van der Waals surface area contributed by atoms with E-state index in [9.17, 15) is 9.59 Å². The summed E-state index contributed by atoms with van der Waals surface area (Å²) in [5.74, 6) is -0.876. The summed E-state index contributed by atoms with van der Waals surface area (Å²) in [7, 11) is 0. The molecule has 0 aliphatic rings. The molecule has 0 saturated heterocycles. The van der Waals surface area contributed by atoms with Crippen LogP contribution in [0, 0.1) is 6.92 Å². The number of amides is 1. The van der Waals surface area contributed by atoms with Crippen molar-refractivity contribution in [3.63, 3.8) is 0 Å². The number of carbonyl (C=O) groups excluding carboxylic acids is 2. The first kappa shape index (κ1) is 15.7. The van der Waals surface area contributed by atoms with Crippen LogP contribution in [-0.4, -0.2) is 18.5 Å². The Hall–Kier alpha value is -3.14. The topological polar surface area (TPSA) is 55.4 Å². The van der Waals surface area contributed by atoms with Gasteiger partial charge < -0.3 is 10.1 Å². The van der Waals surface area contributed by atoms with Crippen LogP contribution in [0.1, 0.15) is 15.9 Å². The number of hydrogen-bond donors (Lipinski definition) is 1. The van der Waals surface area contributed by atoms with Gasteiger partial charge in [-0.2, -0.15) is 0 Å². The summed E-state index contributed by atoms with van der Waals surface area (Å²) < 4.78 is 5.08. The highest BCUT2D eigenvalue weighted by Gasteiger charge is 2.11. The van der Waals surface area contributed by atoms with E-state index >= 15 is 0 Å². The monoisotopic (exact) mass is 319 g/mol. The SMILES string of the molecule is Cc1cccc(C(=O)OCC(=O)Nc2cccc3ccccc23)c1. The van der Waals surface area contributed by atoms with Crippen LogP contribution in [-0.2, 0) is 9.53 Å². The molecule has 0 radical (unpaired) electrons. The molecule has 120 valence electrons. The van der Waals surface area contributed by atoms with E-state index in [1.807, 2.05) is 55.5 Å². The normalized spacial score (nSPS) is 10.4. The number of ether oxygens (including phenoxy) is 1. The van der Waals surface area contributed by atoms with Crippen molar-refractivity contribution in [1.29, 1.82) is 0 Å². The van der Waals surface area contributed by atoms with Crippen molar-refractivity contribution in [2.24, 2.45) is 0 Å². The second-order valence-corrected chi connectivity index (χ2v) is 5.52. The number of aryl methyl sites for hydroxylation is 1. The number of esters is 1. The minimum atomic E-state index is -0.508. The van der Waals surface area contributed by atoms with E-state index in [1.54, 1.807) is 18.2 Å². The van der Waals surface area contributed by atoms with Crippen LogP contribution in [0.2, 0.25) is 0 Å². The highest BCUT2D eigenvalue weighted by Crippen LogP contribution is 2.22. The van der Waals surface area contributed by atoms with E-state index in [0.29, 0.717) is 11.3 Å². The van der Waals surface area contributed by atoms with Gasteiger partial charge in [-0.1, -0.05) is 54.1 Å². The van der Waals surface area contributed by atoms with Crippen molar-refractivity contribution >= 4 is 28.3 Å². The zero-order chi connectivity index (χ0) is 16.9. The molecule has 0 aliphatic carbocycles.